The number of ketones is 1. The van der Waals surface area contributed by atoms with Gasteiger partial charge in [-0.15, -0.1) is 0 Å². The molecule has 0 amide bonds. The third kappa shape index (κ3) is 5.65. The molecule has 1 rings (SSSR count). The first-order valence-corrected chi connectivity index (χ1v) is 8.98. The van der Waals surface area contributed by atoms with Crippen LogP contribution in [0.4, 0.5) is 0 Å². The minimum absolute atomic E-state index is 0.00467. The van der Waals surface area contributed by atoms with Gasteiger partial charge in [-0.1, -0.05) is 0 Å². The van der Waals surface area contributed by atoms with Crippen LogP contribution in [0, 0.1) is 0 Å². The first-order valence-electron chi connectivity index (χ1n) is 5.77. The molecule has 0 fully saturated rings. The Morgan fingerprint density at radius 1 is 1.37 bits per heavy atom. The summed E-state index contributed by atoms with van der Waals surface area (Å²) in [4.78, 5) is 11.3. The zero-order valence-electron chi connectivity index (χ0n) is 11.3. The summed E-state index contributed by atoms with van der Waals surface area (Å²) in [6, 6.07) is 5.30. The Kier molecular flexibility index (Phi) is 5.87. The average molecular weight is 302 g/mol. The van der Waals surface area contributed by atoms with E-state index in [4.69, 9.17) is 4.74 Å². The number of methoxy groups -OCH3 is 1. The van der Waals surface area contributed by atoms with Crippen molar-refractivity contribution in [2.75, 3.05) is 24.9 Å². The number of hydrogen-bond donors (Lipinski definition) is 0. The molecule has 1 aromatic rings. The number of carbonyl (C=O) groups is 1. The van der Waals surface area contributed by atoms with E-state index in [0.717, 1.165) is 11.3 Å². The predicted molar refractivity (Wildman–Crippen MR) is 78.9 cm³/mol. The monoisotopic (exact) mass is 302 g/mol. The van der Waals surface area contributed by atoms with E-state index in [1.807, 2.05) is 0 Å². The zero-order valence-corrected chi connectivity index (χ0v) is 12.9. The summed E-state index contributed by atoms with van der Waals surface area (Å²) in [6.07, 6.45) is 1.23. The van der Waals surface area contributed by atoms with Crippen LogP contribution < -0.4 is 4.74 Å². The minimum atomic E-state index is -2.92. The summed E-state index contributed by atoms with van der Waals surface area (Å²) in [7, 11) is -1.35. The summed E-state index contributed by atoms with van der Waals surface area (Å²) in [5.41, 5.74) is 1.55. The molecule has 0 N–H and O–H groups in total. The van der Waals surface area contributed by atoms with Crippen molar-refractivity contribution in [2.24, 2.45) is 0 Å². The Bertz CT molecular complexity index is 550. The number of sulfone groups is 1. The Morgan fingerprint density at radius 3 is 2.58 bits per heavy atom. The molecule has 1 aromatic carbocycles. The highest BCUT2D eigenvalue weighted by molar-refractivity contribution is 7.99. The highest BCUT2D eigenvalue weighted by Gasteiger charge is 2.08. The van der Waals surface area contributed by atoms with Crippen molar-refractivity contribution in [3.8, 4) is 5.75 Å². The predicted octanol–water partition coefficient (Wildman–Crippen LogP) is 2.18. The zero-order chi connectivity index (χ0) is 14.5. The van der Waals surface area contributed by atoms with Crippen LogP contribution in [0.2, 0.25) is 0 Å². The fraction of sp³-hybridized carbons (Fsp3) is 0.462. The molecule has 0 saturated heterocycles. The highest BCUT2D eigenvalue weighted by Crippen LogP contribution is 2.24. The molecule has 0 aliphatic heterocycles. The Labute approximate surface area is 118 Å². The van der Waals surface area contributed by atoms with Gasteiger partial charge in [0, 0.05) is 28.9 Å². The lowest BCUT2D eigenvalue weighted by Crippen LogP contribution is -2.05. The smallest absolute Gasteiger partial charge is 0.159 e. The van der Waals surface area contributed by atoms with E-state index < -0.39 is 9.84 Å². The lowest BCUT2D eigenvalue weighted by atomic mass is 10.1. The van der Waals surface area contributed by atoms with Crippen LogP contribution in [0.1, 0.15) is 22.8 Å². The van der Waals surface area contributed by atoms with Crippen molar-refractivity contribution >= 4 is 27.4 Å². The van der Waals surface area contributed by atoms with Gasteiger partial charge in [-0.3, -0.25) is 4.79 Å². The van der Waals surface area contributed by atoms with Crippen molar-refractivity contribution in [1.29, 1.82) is 0 Å². The van der Waals surface area contributed by atoms with Crippen LogP contribution in [0.25, 0.3) is 0 Å². The number of ether oxygens (including phenoxy) is 1. The van der Waals surface area contributed by atoms with Crippen LogP contribution >= 0.6 is 11.8 Å². The summed E-state index contributed by atoms with van der Waals surface area (Å²) in [5, 5.41) is 0. The Balaban J connectivity index is 2.70. The van der Waals surface area contributed by atoms with E-state index in [9.17, 15) is 13.2 Å². The second-order valence-corrected chi connectivity index (χ2v) is 7.63. The normalized spacial score (nSPS) is 11.3. The van der Waals surface area contributed by atoms with Crippen molar-refractivity contribution in [3.63, 3.8) is 0 Å². The second-order valence-electron chi connectivity index (χ2n) is 4.27. The van der Waals surface area contributed by atoms with Crippen LogP contribution in [-0.4, -0.2) is 39.1 Å². The first kappa shape index (κ1) is 16.0. The third-order valence-electron chi connectivity index (χ3n) is 2.54. The van der Waals surface area contributed by atoms with Crippen LogP contribution in [0.3, 0.4) is 0 Å². The molecule has 0 heterocycles. The van der Waals surface area contributed by atoms with Gasteiger partial charge in [0.1, 0.15) is 15.6 Å². The van der Waals surface area contributed by atoms with Gasteiger partial charge in [-0.05, 0) is 25.1 Å². The lowest BCUT2D eigenvalue weighted by Gasteiger charge is -2.09. The number of hydrogen-bond acceptors (Lipinski definition) is 5. The van der Waals surface area contributed by atoms with Crippen LogP contribution in [0.5, 0.6) is 5.75 Å². The number of thioether (sulfide) groups is 1. The number of Topliss-reactive ketones (excluding diaryl/α,β-unsaturated/α-hetero) is 1. The van der Waals surface area contributed by atoms with E-state index in [-0.39, 0.29) is 11.5 Å². The highest BCUT2D eigenvalue weighted by atomic mass is 32.2. The van der Waals surface area contributed by atoms with Gasteiger partial charge in [0.15, 0.2) is 5.78 Å². The molecular formula is C13H18O4S2. The van der Waals surface area contributed by atoms with Gasteiger partial charge in [0.2, 0.25) is 0 Å². The Hall–Kier alpha value is -1.01. The fourth-order valence-corrected chi connectivity index (χ4v) is 3.78. The van der Waals surface area contributed by atoms with Gasteiger partial charge < -0.3 is 4.74 Å². The van der Waals surface area contributed by atoms with Crippen molar-refractivity contribution in [1.82, 2.24) is 0 Å². The lowest BCUT2D eigenvalue weighted by molar-refractivity contribution is 0.101. The molecule has 0 aliphatic carbocycles. The van der Waals surface area contributed by atoms with E-state index in [2.05, 4.69) is 0 Å². The molecule has 0 spiro atoms. The Morgan fingerprint density at radius 2 is 2.05 bits per heavy atom. The minimum Gasteiger partial charge on any atom is -0.496 e. The summed E-state index contributed by atoms with van der Waals surface area (Å²) < 4.78 is 27.3. The SMILES string of the molecule is COc1ccc(C(C)=O)cc1CSCCS(C)(=O)=O. The maximum Gasteiger partial charge on any atom is 0.159 e. The maximum absolute atomic E-state index is 11.3. The van der Waals surface area contributed by atoms with Gasteiger partial charge in [-0.2, -0.15) is 11.8 Å². The quantitative estimate of drug-likeness (QED) is 0.570. The molecule has 4 nitrogen and oxygen atoms in total. The van der Waals surface area contributed by atoms with Gasteiger partial charge in [0.25, 0.3) is 0 Å². The molecule has 0 atom stereocenters. The first-order chi connectivity index (χ1) is 8.83. The standard InChI is InChI=1S/C13H18O4S2/c1-10(14)11-4-5-13(17-2)12(8-11)9-18-6-7-19(3,15)16/h4-5,8H,6-7,9H2,1-3H3. The van der Waals surface area contributed by atoms with E-state index >= 15 is 0 Å². The summed E-state index contributed by atoms with van der Waals surface area (Å²) in [5.74, 6) is 2.04. The van der Waals surface area contributed by atoms with E-state index in [1.165, 1.54) is 24.9 Å². The second kappa shape index (κ2) is 6.96. The summed E-state index contributed by atoms with van der Waals surface area (Å²) in [6.45, 7) is 1.52. The van der Waals surface area contributed by atoms with E-state index in [0.29, 0.717) is 17.1 Å². The van der Waals surface area contributed by atoms with Crippen LogP contribution in [0.15, 0.2) is 18.2 Å². The molecule has 0 radical (unpaired) electrons. The number of benzene rings is 1. The van der Waals surface area contributed by atoms with Gasteiger partial charge in [0.05, 0.1) is 12.9 Å². The molecule has 0 saturated carbocycles. The fourth-order valence-electron chi connectivity index (χ4n) is 1.50. The topological polar surface area (TPSA) is 60.4 Å². The molecule has 0 aliphatic rings. The van der Waals surface area contributed by atoms with Crippen molar-refractivity contribution < 1.29 is 17.9 Å². The number of rotatable bonds is 7. The van der Waals surface area contributed by atoms with E-state index in [1.54, 1.807) is 25.3 Å². The molecule has 0 unspecified atom stereocenters. The molecule has 19 heavy (non-hydrogen) atoms. The molecule has 106 valence electrons. The molecule has 0 bridgehead atoms. The average Bonchev–Trinajstić information content (AvgIpc) is 2.33. The van der Waals surface area contributed by atoms with Crippen molar-refractivity contribution in [3.05, 3.63) is 29.3 Å². The van der Waals surface area contributed by atoms with Crippen LogP contribution in [-0.2, 0) is 15.6 Å². The van der Waals surface area contributed by atoms with Crippen molar-refractivity contribution in [2.45, 2.75) is 12.7 Å². The summed E-state index contributed by atoms with van der Waals surface area (Å²) >= 11 is 1.51. The van der Waals surface area contributed by atoms with Gasteiger partial charge in [-0.25, -0.2) is 8.42 Å². The maximum atomic E-state index is 11.3. The third-order valence-corrected chi connectivity index (χ3v) is 4.76. The largest absolute Gasteiger partial charge is 0.496 e. The number of carbonyl (C=O) groups excluding carboxylic acids is 1. The molecule has 0 aromatic heterocycles. The molecular weight excluding hydrogens is 284 g/mol. The van der Waals surface area contributed by atoms with Gasteiger partial charge >= 0.3 is 0 Å². The molecule has 6 heteroatoms.